The fraction of sp³-hybridized carbons (Fsp3) is 0.423. The number of aromatic nitrogens is 4. The van der Waals surface area contributed by atoms with Gasteiger partial charge in [-0.05, 0) is 55.4 Å². The summed E-state index contributed by atoms with van der Waals surface area (Å²) in [6.45, 7) is 2.76. The molecule has 2 amide bonds. The summed E-state index contributed by atoms with van der Waals surface area (Å²) in [5.74, 6) is 0.781. The summed E-state index contributed by atoms with van der Waals surface area (Å²) in [5, 5.41) is 22.8. The fourth-order valence-electron chi connectivity index (χ4n) is 4.77. The molecule has 3 aromatic rings. The second-order valence-electron chi connectivity index (χ2n) is 9.98. The van der Waals surface area contributed by atoms with E-state index in [0.29, 0.717) is 47.2 Å². The van der Waals surface area contributed by atoms with Crippen molar-refractivity contribution in [1.82, 2.24) is 24.9 Å². The average molecular weight is 503 g/mol. The summed E-state index contributed by atoms with van der Waals surface area (Å²) >= 11 is 0. The van der Waals surface area contributed by atoms with Gasteiger partial charge in [-0.25, -0.2) is 0 Å². The molecule has 2 saturated heterocycles. The van der Waals surface area contributed by atoms with E-state index in [4.69, 9.17) is 0 Å². The Morgan fingerprint density at radius 3 is 2.54 bits per heavy atom. The second kappa shape index (κ2) is 9.81. The smallest absolute Gasteiger partial charge is 0.254 e. The maximum absolute atomic E-state index is 12.0. The molecule has 192 valence electrons. The van der Waals surface area contributed by atoms with E-state index in [1.54, 1.807) is 16.8 Å². The van der Waals surface area contributed by atoms with Crippen LogP contribution < -0.4 is 20.9 Å². The van der Waals surface area contributed by atoms with Crippen molar-refractivity contribution < 1.29 is 14.7 Å². The van der Waals surface area contributed by atoms with Crippen molar-refractivity contribution in [3.8, 4) is 0 Å². The number of hydrogen-bond donors (Lipinski definition) is 4. The number of imide groups is 1. The molecule has 1 aromatic carbocycles. The van der Waals surface area contributed by atoms with Crippen LogP contribution >= 0.6 is 0 Å². The van der Waals surface area contributed by atoms with Gasteiger partial charge in [0.1, 0.15) is 0 Å². The molecule has 1 saturated carbocycles. The molecule has 3 aliphatic rings. The number of hydrogen-bond acceptors (Lipinski definition) is 9. The summed E-state index contributed by atoms with van der Waals surface area (Å²) in [7, 11) is 0. The molecular formula is C26H30N8O3. The molecule has 2 aromatic heterocycles. The second-order valence-corrected chi connectivity index (χ2v) is 9.98. The number of benzene rings is 1. The number of amides is 2. The van der Waals surface area contributed by atoms with Gasteiger partial charge in [-0.2, -0.15) is 19.6 Å². The van der Waals surface area contributed by atoms with Gasteiger partial charge < -0.3 is 20.6 Å². The first kappa shape index (κ1) is 23.4. The molecule has 11 nitrogen and oxygen atoms in total. The van der Waals surface area contributed by atoms with E-state index < -0.39 is 0 Å². The van der Waals surface area contributed by atoms with Crippen molar-refractivity contribution in [2.75, 3.05) is 35.2 Å². The highest BCUT2D eigenvalue weighted by molar-refractivity contribution is 6.15. The molecule has 11 heteroatoms. The lowest BCUT2D eigenvalue weighted by atomic mass is 9.97. The molecule has 4 N–H and O–H groups in total. The molecule has 37 heavy (non-hydrogen) atoms. The molecule has 0 atom stereocenters. The Morgan fingerprint density at radius 1 is 1.08 bits per heavy atom. The maximum Gasteiger partial charge on any atom is 0.254 e. The summed E-state index contributed by atoms with van der Waals surface area (Å²) in [6.07, 6.45) is 7.56. The largest absolute Gasteiger partial charge is 0.396 e. The predicted molar refractivity (Wildman–Crippen MR) is 139 cm³/mol. The number of carbonyl (C=O) groups excluding carboxylic acids is 2. The van der Waals surface area contributed by atoms with Crippen LogP contribution in [0.25, 0.3) is 11.7 Å². The van der Waals surface area contributed by atoms with Gasteiger partial charge in [0.2, 0.25) is 17.8 Å². The lowest BCUT2D eigenvalue weighted by molar-refractivity contribution is -0.124. The van der Waals surface area contributed by atoms with Gasteiger partial charge in [0.25, 0.3) is 5.91 Å². The van der Waals surface area contributed by atoms with Crippen molar-refractivity contribution in [3.05, 3.63) is 47.2 Å². The molecule has 0 unspecified atom stereocenters. The monoisotopic (exact) mass is 502 g/mol. The standard InChI is InChI=1S/C26H30N8O3/c35-15-17-7-9-33(10-8-17)21-5-1-16(2-6-21)13-27-25-31-23-19(11-18-12-22(36)30-24(18)37)14-28-34(23)26(32-25)29-20-3-4-20/h1-2,5-6,11,14,17,20,35H,3-4,7-10,12-13,15H2,(H,30,36,37)(H2,27,29,31,32)/b18-11+. The Balaban J connectivity index is 1.20. The molecule has 6 rings (SSSR count). The maximum atomic E-state index is 12.0. The molecule has 3 fully saturated rings. The van der Waals surface area contributed by atoms with E-state index in [0.717, 1.165) is 44.3 Å². The van der Waals surface area contributed by atoms with Crippen molar-refractivity contribution in [1.29, 1.82) is 0 Å². The molecule has 0 bridgehead atoms. The number of piperidine rings is 1. The normalized spacial score (nSPS) is 19.6. The van der Waals surface area contributed by atoms with E-state index in [2.05, 4.69) is 60.2 Å². The minimum atomic E-state index is -0.380. The Bertz CT molecular complexity index is 1350. The number of aliphatic hydroxyl groups is 1. The Kier molecular flexibility index (Phi) is 6.21. The number of nitrogens with zero attached hydrogens (tertiary/aromatic N) is 5. The van der Waals surface area contributed by atoms with Crippen LogP contribution in [0.15, 0.2) is 36.0 Å². The third-order valence-electron chi connectivity index (χ3n) is 7.16. The Hall–Kier alpha value is -3.99. The van der Waals surface area contributed by atoms with Crippen molar-refractivity contribution in [2.24, 2.45) is 5.92 Å². The van der Waals surface area contributed by atoms with Gasteiger partial charge >= 0.3 is 0 Å². The Labute approximate surface area is 214 Å². The molecule has 1 aliphatic carbocycles. The van der Waals surface area contributed by atoms with E-state index >= 15 is 0 Å². The minimum Gasteiger partial charge on any atom is -0.396 e. The van der Waals surface area contributed by atoms with E-state index in [-0.39, 0.29) is 24.8 Å². The first-order valence-corrected chi connectivity index (χ1v) is 12.8. The van der Waals surface area contributed by atoms with Gasteiger partial charge in [-0.1, -0.05) is 12.1 Å². The summed E-state index contributed by atoms with van der Waals surface area (Å²) in [4.78, 5) is 35.4. The Morgan fingerprint density at radius 2 is 1.86 bits per heavy atom. The molecular weight excluding hydrogens is 472 g/mol. The van der Waals surface area contributed by atoms with Crippen LogP contribution in [0.3, 0.4) is 0 Å². The third-order valence-corrected chi connectivity index (χ3v) is 7.16. The van der Waals surface area contributed by atoms with Crippen LogP contribution in [0.2, 0.25) is 0 Å². The topological polar surface area (TPSA) is 137 Å². The zero-order chi connectivity index (χ0) is 25.4. The highest BCUT2D eigenvalue weighted by atomic mass is 16.3. The number of anilines is 3. The molecule has 2 aliphatic heterocycles. The van der Waals surface area contributed by atoms with E-state index in [1.807, 2.05) is 0 Å². The summed E-state index contributed by atoms with van der Waals surface area (Å²) < 4.78 is 1.64. The van der Waals surface area contributed by atoms with Crippen molar-refractivity contribution >= 4 is 41.1 Å². The van der Waals surface area contributed by atoms with Gasteiger partial charge in [-0.3, -0.25) is 14.9 Å². The number of rotatable bonds is 8. The highest BCUT2D eigenvalue weighted by Gasteiger charge is 2.26. The lowest BCUT2D eigenvalue weighted by Crippen LogP contribution is -2.34. The number of nitrogens with one attached hydrogen (secondary N) is 3. The summed E-state index contributed by atoms with van der Waals surface area (Å²) in [6, 6.07) is 8.84. The van der Waals surface area contributed by atoms with Crippen molar-refractivity contribution in [3.63, 3.8) is 0 Å². The molecule has 0 radical (unpaired) electrons. The zero-order valence-electron chi connectivity index (χ0n) is 20.5. The lowest BCUT2D eigenvalue weighted by Gasteiger charge is -2.33. The number of fused-ring (bicyclic) bond motifs is 1. The van der Waals surface area contributed by atoms with E-state index in [1.165, 1.54) is 5.69 Å². The fourth-order valence-corrected chi connectivity index (χ4v) is 4.77. The molecule has 0 spiro atoms. The van der Waals surface area contributed by atoms with Crippen LogP contribution in [-0.4, -0.2) is 62.2 Å². The van der Waals surface area contributed by atoms with Gasteiger partial charge in [0.05, 0.1) is 12.6 Å². The zero-order valence-corrected chi connectivity index (χ0v) is 20.5. The van der Waals surface area contributed by atoms with Crippen LogP contribution in [0.5, 0.6) is 0 Å². The van der Waals surface area contributed by atoms with Gasteiger partial charge in [0.15, 0.2) is 5.65 Å². The van der Waals surface area contributed by atoms with Crippen LogP contribution in [0.4, 0.5) is 17.6 Å². The number of carbonyl (C=O) groups is 2. The first-order valence-electron chi connectivity index (χ1n) is 12.8. The highest BCUT2D eigenvalue weighted by Crippen LogP contribution is 2.27. The summed E-state index contributed by atoms with van der Waals surface area (Å²) in [5.41, 5.74) is 3.90. The van der Waals surface area contributed by atoms with Crippen molar-refractivity contribution in [2.45, 2.75) is 44.7 Å². The predicted octanol–water partition coefficient (Wildman–Crippen LogP) is 1.95. The van der Waals surface area contributed by atoms with Crippen LogP contribution in [-0.2, 0) is 16.1 Å². The minimum absolute atomic E-state index is 0.0506. The quantitative estimate of drug-likeness (QED) is 0.269. The number of aliphatic hydroxyl groups excluding tert-OH is 1. The first-order chi connectivity index (χ1) is 18.1. The SMILES string of the molecule is O=C1C/C(=C\c2cnn3c(NC4CC4)nc(NCc4ccc(N5CCC(CO)CC5)cc4)nc23)C(=O)N1. The van der Waals surface area contributed by atoms with E-state index in [9.17, 15) is 14.7 Å². The van der Waals surface area contributed by atoms with Crippen LogP contribution in [0, 0.1) is 5.92 Å². The molecule has 4 heterocycles. The third kappa shape index (κ3) is 5.12. The average Bonchev–Trinajstić information content (AvgIpc) is 3.55. The van der Waals surface area contributed by atoms with Gasteiger partial charge in [-0.15, -0.1) is 0 Å². The van der Waals surface area contributed by atoms with Crippen LogP contribution in [0.1, 0.15) is 43.2 Å². The van der Waals surface area contributed by atoms with Gasteiger partial charge in [0, 0.05) is 49.1 Å².